The number of aryl methyl sites for hydroxylation is 2. The van der Waals surface area contributed by atoms with Crippen molar-refractivity contribution in [1.82, 2.24) is 4.98 Å². The summed E-state index contributed by atoms with van der Waals surface area (Å²) in [7, 11) is 0. The number of aromatic nitrogens is 1. The molecule has 0 unspecified atom stereocenters. The van der Waals surface area contributed by atoms with Crippen molar-refractivity contribution < 1.29 is 10.2 Å². The second-order valence-corrected chi connectivity index (χ2v) is 4.52. The zero-order valence-corrected chi connectivity index (χ0v) is 11.5. The summed E-state index contributed by atoms with van der Waals surface area (Å²) < 4.78 is 0. The monoisotopic (exact) mass is 269 g/mol. The fourth-order valence-corrected chi connectivity index (χ4v) is 2.17. The van der Waals surface area contributed by atoms with Gasteiger partial charge in [0.2, 0.25) is 0 Å². The van der Waals surface area contributed by atoms with Gasteiger partial charge in [-0.25, -0.2) is 4.98 Å². The van der Waals surface area contributed by atoms with Crippen LogP contribution >= 0.6 is 12.2 Å². The van der Waals surface area contributed by atoms with Crippen LogP contribution in [0.5, 0.6) is 0 Å². The lowest BCUT2D eigenvalue weighted by Crippen LogP contribution is -2.33. The highest BCUT2D eigenvalue weighted by Crippen LogP contribution is 2.22. The minimum absolute atomic E-state index is 0.0224. The number of aliphatic hydroxyl groups excluding tert-OH is 2. The number of aliphatic hydroxyl groups is 2. The molecule has 6 heteroatoms. The SMILES string of the molecule is Cc1cc(C)c(C(N)=S)c(N(CCO)CCO)n1. The van der Waals surface area contributed by atoms with Gasteiger partial charge in [0.05, 0.1) is 18.8 Å². The molecule has 18 heavy (non-hydrogen) atoms. The average Bonchev–Trinajstić information content (AvgIpc) is 2.26. The molecule has 0 saturated heterocycles. The van der Waals surface area contributed by atoms with E-state index in [0.29, 0.717) is 24.5 Å². The summed E-state index contributed by atoms with van der Waals surface area (Å²) in [5.41, 5.74) is 8.24. The topological polar surface area (TPSA) is 82.6 Å². The van der Waals surface area contributed by atoms with E-state index in [9.17, 15) is 0 Å². The van der Waals surface area contributed by atoms with Gasteiger partial charge in [0.15, 0.2) is 0 Å². The van der Waals surface area contributed by atoms with Gasteiger partial charge in [0.1, 0.15) is 10.8 Å². The smallest absolute Gasteiger partial charge is 0.139 e. The molecule has 0 spiro atoms. The van der Waals surface area contributed by atoms with Gasteiger partial charge in [-0.2, -0.15) is 0 Å². The summed E-state index contributed by atoms with van der Waals surface area (Å²) in [4.78, 5) is 6.49. The molecule has 1 rings (SSSR count). The lowest BCUT2D eigenvalue weighted by atomic mass is 10.1. The van der Waals surface area contributed by atoms with Crippen molar-refractivity contribution in [3.8, 4) is 0 Å². The summed E-state index contributed by atoms with van der Waals surface area (Å²) in [5, 5.41) is 18.2. The lowest BCUT2D eigenvalue weighted by Gasteiger charge is -2.25. The van der Waals surface area contributed by atoms with E-state index in [1.807, 2.05) is 19.9 Å². The van der Waals surface area contributed by atoms with E-state index >= 15 is 0 Å². The summed E-state index contributed by atoms with van der Waals surface area (Å²) in [6.45, 7) is 4.52. The third-order valence-electron chi connectivity index (χ3n) is 2.61. The molecule has 0 fully saturated rings. The largest absolute Gasteiger partial charge is 0.395 e. The minimum atomic E-state index is -0.0224. The molecule has 0 saturated carbocycles. The molecule has 0 radical (unpaired) electrons. The van der Waals surface area contributed by atoms with E-state index in [1.54, 1.807) is 4.90 Å². The Bertz CT molecular complexity index is 432. The molecule has 0 aliphatic rings. The van der Waals surface area contributed by atoms with Gasteiger partial charge in [0, 0.05) is 18.8 Å². The van der Waals surface area contributed by atoms with Gasteiger partial charge in [-0.05, 0) is 25.5 Å². The first-order chi connectivity index (χ1) is 8.51. The van der Waals surface area contributed by atoms with Gasteiger partial charge in [-0.1, -0.05) is 12.2 Å². The van der Waals surface area contributed by atoms with Crippen molar-refractivity contribution in [1.29, 1.82) is 0 Å². The van der Waals surface area contributed by atoms with E-state index in [2.05, 4.69) is 4.98 Å². The Kier molecular flexibility index (Phi) is 5.46. The maximum atomic E-state index is 9.08. The molecule has 1 heterocycles. The highest BCUT2D eigenvalue weighted by atomic mass is 32.1. The number of thiocarbonyl (C=S) groups is 1. The van der Waals surface area contributed by atoms with Gasteiger partial charge in [-0.15, -0.1) is 0 Å². The van der Waals surface area contributed by atoms with E-state index in [1.165, 1.54) is 0 Å². The fraction of sp³-hybridized carbons (Fsp3) is 0.500. The van der Waals surface area contributed by atoms with Gasteiger partial charge in [0.25, 0.3) is 0 Å². The third-order valence-corrected chi connectivity index (χ3v) is 2.82. The van der Waals surface area contributed by atoms with Crippen molar-refractivity contribution in [3.63, 3.8) is 0 Å². The van der Waals surface area contributed by atoms with Crippen LogP contribution in [0.25, 0.3) is 0 Å². The molecule has 4 N–H and O–H groups in total. The molecule has 1 aromatic rings. The van der Waals surface area contributed by atoms with Crippen LogP contribution in [0.4, 0.5) is 5.82 Å². The number of nitrogens with zero attached hydrogens (tertiary/aromatic N) is 2. The number of anilines is 1. The van der Waals surface area contributed by atoms with Crippen molar-refractivity contribution in [2.24, 2.45) is 5.73 Å². The molecule has 0 amide bonds. The standard InChI is InChI=1S/C12H19N3O2S/c1-8-7-9(2)14-12(10(8)11(13)18)15(3-5-16)4-6-17/h7,16-17H,3-6H2,1-2H3,(H2,13,18). The Morgan fingerprint density at radius 1 is 1.33 bits per heavy atom. The van der Waals surface area contributed by atoms with Crippen LogP contribution in [0.1, 0.15) is 16.8 Å². The van der Waals surface area contributed by atoms with Gasteiger partial charge < -0.3 is 20.8 Å². The average molecular weight is 269 g/mol. The zero-order valence-electron chi connectivity index (χ0n) is 10.7. The van der Waals surface area contributed by atoms with Crippen LogP contribution in [0, 0.1) is 13.8 Å². The molecular weight excluding hydrogens is 250 g/mol. The molecule has 0 atom stereocenters. The molecule has 0 aliphatic carbocycles. The molecule has 0 aromatic carbocycles. The van der Waals surface area contributed by atoms with Crippen LogP contribution < -0.4 is 10.6 Å². The molecular formula is C12H19N3O2S. The van der Waals surface area contributed by atoms with E-state index in [-0.39, 0.29) is 18.2 Å². The Balaban J connectivity index is 3.29. The maximum absolute atomic E-state index is 9.08. The van der Waals surface area contributed by atoms with Crippen LogP contribution in [0.2, 0.25) is 0 Å². The number of hydrogen-bond acceptors (Lipinski definition) is 5. The molecule has 1 aromatic heterocycles. The Morgan fingerprint density at radius 3 is 2.33 bits per heavy atom. The Hall–Kier alpha value is -1.24. The molecule has 5 nitrogen and oxygen atoms in total. The summed E-state index contributed by atoms with van der Waals surface area (Å²) in [5.74, 6) is 0.628. The normalized spacial score (nSPS) is 10.4. The van der Waals surface area contributed by atoms with Crippen molar-refractivity contribution in [2.75, 3.05) is 31.2 Å². The third kappa shape index (κ3) is 3.38. The Labute approximate surface area is 112 Å². The first kappa shape index (κ1) is 14.8. The summed E-state index contributed by atoms with van der Waals surface area (Å²) in [6, 6.07) is 1.91. The summed E-state index contributed by atoms with van der Waals surface area (Å²) >= 11 is 5.05. The first-order valence-electron chi connectivity index (χ1n) is 5.76. The fourth-order valence-electron chi connectivity index (χ4n) is 1.92. The highest BCUT2D eigenvalue weighted by molar-refractivity contribution is 7.80. The predicted molar refractivity (Wildman–Crippen MR) is 76.0 cm³/mol. The number of hydrogen-bond donors (Lipinski definition) is 3. The second-order valence-electron chi connectivity index (χ2n) is 4.08. The van der Waals surface area contributed by atoms with Crippen molar-refractivity contribution in [2.45, 2.75) is 13.8 Å². The van der Waals surface area contributed by atoms with Gasteiger partial charge >= 0.3 is 0 Å². The quantitative estimate of drug-likeness (QED) is 0.637. The van der Waals surface area contributed by atoms with E-state index < -0.39 is 0 Å². The van der Waals surface area contributed by atoms with Crippen LogP contribution in [-0.4, -0.2) is 46.5 Å². The number of nitrogens with two attached hydrogens (primary N) is 1. The van der Waals surface area contributed by atoms with E-state index in [4.69, 9.17) is 28.2 Å². The maximum Gasteiger partial charge on any atom is 0.139 e. The predicted octanol–water partition coefficient (Wildman–Crippen LogP) is 0.124. The van der Waals surface area contributed by atoms with Crippen LogP contribution in [0.15, 0.2) is 6.07 Å². The Morgan fingerprint density at radius 2 is 1.89 bits per heavy atom. The van der Waals surface area contributed by atoms with Crippen molar-refractivity contribution >= 4 is 23.0 Å². The first-order valence-corrected chi connectivity index (χ1v) is 6.16. The van der Waals surface area contributed by atoms with E-state index in [0.717, 1.165) is 11.3 Å². The molecule has 0 aliphatic heterocycles. The minimum Gasteiger partial charge on any atom is -0.395 e. The lowest BCUT2D eigenvalue weighted by molar-refractivity contribution is 0.280. The summed E-state index contributed by atoms with van der Waals surface area (Å²) in [6.07, 6.45) is 0. The van der Waals surface area contributed by atoms with Crippen LogP contribution in [-0.2, 0) is 0 Å². The molecule has 100 valence electrons. The number of rotatable bonds is 6. The highest BCUT2D eigenvalue weighted by Gasteiger charge is 2.17. The second kappa shape index (κ2) is 6.63. The molecule has 0 bridgehead atoms. The van der Waals surface area contributed by atoms with Crippen LogP contribution in [0.3, 0.4) is 0 Å². The van der Waals surface area contributed by atoms with Crippen molar-refractivity contribution in [3.05, 3.63) is 22.9 Å². The zero-order chi connectivity index (χ0) is 13.7. The number of pyridine rings is 1. The van der Waals surface area contributed by atoms with Gasteiger partial charge in [-0.3, -0.25) is 0 Å².